The summed E-state index contributed by atoms with van der Waals surface area (Å²) in [5.74, 6) is 0. The molecule has 0 bridgehead atoms. The molecular weight excluding hydrogens is 935 g/mol. The van der Waals surface area contributed by atoms with Crippen LogP contribution in [0.2, 0.25) is 0 Å². The maximum Gasteiger partial charge on any atom is 0.237 e. The van der Waals surface area contributed by atoms with Crippen molar-refractivity contribution in [2.75, 3.05) is 0 Å². The molecule has 8 nitrogen and oxygen atoms in total. The monoisotopic (exact) mass is 974 g/mol. The van der Waals surface area contributed by atoms with Crippen molar-refractivity contribution in [3.8, 4) is 34.3 Å². The number of fused-ring (bicyclic) bond motifs is 21. The maximum atomic E-state index is 12.4. The van der Waals surface area contributed by atoms with Crippen LogP contribution in [0.4, 0.5) is 5.69 Å². The van der Waals surface area contributed by atoms with Crippen LogP contribution in [-0.4, -0.2) is 13.7 Å². The Labute approximate surface area is 437 Å². The number of benzene rings is 11. The molecule has 0 aliphatic rings. The van der Waals surface area contributed by atoms with Gasteiger partial charge in [-0.15, -0.1) is 0 Å². The van der Waals surface area contributed by atoms with Crippen molar-refractivity contribution in [1.82, 2.24) is 13.7 Å². The molecule has 0 spiro atoms. The highest BCUT2D eigenvalue weighted by Crippen LogP contribution is 2.54. The molecule has 6 aromatic heterocycles. The topological polar surface area (TPSA) is 82.4 Å². The summed E-state index contributed by atoms with van der Waals surface area (Å²) in [6.07, 6.45) is 0. The molecule has 350 valence electrons. The number of aromatic nitrogens is 3. The number of hydrogen-bond donors (Lipinski definition) is 0. The van der Waals surface area contributed by atoms with Gasteiger partial charge in [-0.2, -0.15) is 5.26 Å². The lowest BCUT2D eigenvalue weighted by molar-refractivity contribution is 0.672. The first-order valence-corrected chi connectivity index (χ1v) is 24.9. The summed E-state index contributed by atoms with van der Waals surface area (Å²) in [6.45, 7) is 9.79. The first-order chi connectivity index (χ1) is 39.7. The second-order valence-corrected chi connectivity index (χ2v) is 19.2. The molecule has 17 aromatic rings. The molecular formula is C68H35N5O3. The van der Waals surface area contributed by atoms with E-state index in [-0.39, 0.29) is 39.4 Å². The van der Waals surface area contributed by atoms with Crippen LogP contribution in [0.15, 0.2) is 225 Å². The molecule has 0 unspecified atom stereocenters. The van der Waals surface area contributed by atoms with Crippen LogP contribution in [0.25, 0.3) is 164 Å². The summed E-state index contributed by atoms with van der Waals surface area (Å²) in [5.41, 5.74) is 8.23. The smallest absolute Gasteiger partial charge is 0.237 e. The minimum absolute atomic E-state index is 0.0192. The highest BCUT2D eigenvalue weighted by atomic mass is 16.3. The third kappa shape index (κ3) is 5.14. The fraction of sp³-hybridized carbons (Fsp3) is 0. The Balaban J connectivity index is 1.17. The number of furan rings is 3. The molecule has 0 aliphatic heterocycles. The molecule has 0 fully saturated rings. The number of nitrogens with zero attached hydrogens (tertiary/aromatic N) is 5. The fourth-order valence-corrected chi connectivity index (χ4v) is 12.6. The minimum Gasteiger partial charge on any atom is -0.455 e. The van der Waals surface area contributed by atoms with Gasteiger partial charge in [0.2, 0.25) is 5.69 Å². The Morgan fingerprint density at radius 1 is 0.395 bits per heavy atom. The summed E-state index contributed by atoms with van der Waals surface area (Å²) in [7, 11) is 0. The van der Waals surface area contributed by atoms with E-state index in [0.29, 0.717) is 66.6 Å². The van der Waals surface area contributed by atoms with E-state index in [9.17, 15) is 17.3 Å². The molecule has 0 amide bonds. The summed E-state index contributed by atoms with van der Waals surface area (Å²) < 4.78 is 73.9. The van der Waals surface area contributed by atoms with Gasteiger partial charge in [0.25, 0.3) is 0 Å². The molecule has 11 aromatic carbocycles. The van der Waals surface area contributed by atoms with Crippen molar-refractivity contribution in [2.45, 2.75) is 0 Å². The summed E-state index contributed by atoms with van der Waals surface area (Å²) in [5, 5.41) is 22.5. The lowest BCUT2D eigenvalue weighted by atomic mass is 9.93. The van der Waals surface area contributed by atoms with E-state index in [0.717, 1.165) is 64.6 Å². The van der Waals surface area contributed by atoms with Crippen molar-refractivity contribution in [1.29, 1.82) is 5.26 Å². The van der Waals surface area contributed by atoms with Crippen molar-refractivity contribution in [3.05, 3.63) is 229 Å². The lowest BCUT2D eigenvalue weighted by Gasteiger charge is -2.26. The number of rotatable bonds is 4. The van der Waals surface area contributed by atoms with Gasteiger partial charge >= 0.3 is 0 Å². The normalized spacial score (nSPS) is 13.1. The Hall–Kier alpha value is -10.8. The van der Waals surface area contributed by atoms with Gasteiger partial charge in [0.15, 0.2) is 0 Å². The van der Waals surface area contributed by atoms with Crippen LogP contribution in [0.5, 0.6) is 0 Å². The highest BCUT2D eigenvalue weighted by Gasteiger charge is 2.34. The zero-order valence-corrected chi connectivity index (χ0v) is 39.8. The van der Waals surface area contributed by atoms with Gasteiger partial charge < -0.3 is 27.0 Å². The minimum atomic E-state index is -0.592. The zero-order valence-electron chi connectivity index (χ0n) is 44.8. The van der Waals surface area contributed by atoms with Gasteiger partial charge in [-0.25, -0.2) is 4.85 Å². The molecule has 6 heterocycles. The quantitative estimate of drug-likeness (QED) is 0.165. The average Bonchev–Trinajstić information content (AvgIpc) is 4.35. The molecule has 76 heavy (non-hydrogen) atoms. The van der Waals surface area contributed by atoms with E-state index in [1.54, 1.807) is 0 Å². The van der Waals surface area contributed by atoms with Gasteiger partial charge in [0, 0.05) is 54.0 Å². The standard InChI is InChI=1S/C68H35N5O3/c1-70-62-63(71-49-25-11-5-22-45(49)59-52(71)34-31-42-39-19-8-14-28-55(39)74-66(42)59)48(37-69)58(38-17-3-2-4-18-38)64(72-50-26-12-6-23-46(50)60-53(72)35-32-43-40-20-9-15-29-56(40)75-67(43)60)65(62)73-51-27-13-7-24-47(51)61-54(73)36-33-44-41-21-10-16-30-57(41)76-68(44)61/h2-36H/i2D,3D,4D,17D,18D. The number of hydrogen-bond acceptors (Lipinski definition) is 4. The predicted molar refractivity (Wildman–Crippen MR) is 308 cm³/mol. The molecule has 0 saturated heterocycles. The molecule has 8 heteroatoms. The molecule has 17 rings (SSSR count). The van der Waals surface area contributed by atoms with E-state index in [1.807, 2.05) is 196 Å². The number of para-hydroxylation sites is 6. The van der Waals surface area contributed by atoms with E-state index in [2.05, 4.69) is 10.9 Å². The molecule has 0 N–H and O–H groups in total. The largest absolute Gasteiger partial charge is 0.455 e. The van der Waals surface area contributed by atoms with Crippen LogP contribution in [0.1, 0.15) is 12.4 Å². The Morgan fingerprint density at radius 3 is 1.17 bits per heavy atom. The van der Waals surface area contributed by atoms with Crippen molar-refractivity contribution in [3.63, 3.8) is 0 Å². The molecule has 0 aliphatic carbocycles. The van der Waals surface area contributed by atoms with Crippen LogP contribution < -0.4 is 0 Å². The highest BCUT2D eigenvalue weighted by molar-refractivity contribution is 6.28. The van der Waals surface area contributed by atoms with E-state index >= 15 is 0 Å². The predicted octanol–water partition coefficient (Wildman–Crippen LogP) is 18.8. The summed E-state index contributed by atoms with van der Waals surface area (Å²) >= 11 is 0. The third-order valence-corrected chi connectivity index (χ3v) is 15.6. The van der Waals surface area contributed by atoms with Crippen LogP contribution in [0, 0.1) is 17.9 Å². The van der Waals surface area contributed by atoms with Crippen LogP contribution in [0.3, 0.4) is 0 Å². The number of nitriles is 1. The van der Waals surface area contributed by atoms with E-state index in [4.69, 9.17) is 14.6 Å². The van der Waals surface area contributed by atoms with Crippen molar-refractivity contribution in [2.24, 2.45) is 0 Å². The summed E-state index contributed by atoms with van der Waals surface area (Å²) in [4.78, 5) is 4.63. The first-order valence-electron chi connectivity index (χ1n) is 27.4. The second-order valence-electron chi connectivity index (χ2n) is 19.2. The zero-order chi connectivity index (χ0) is 54.3. The SMILES string of the molecule is [2H]c1c([2H])c([2H])c(-c2c(C#N)c(-n3c4ccccc4c4c5oc6ccccc6c5ccc43)c([N+]#[C-])c(-n3c4ccccc4c4c5oc6ccccc6c5ccc43)c2-n2c3ccccc3c3c4oc5ccccc5c4ccc32)c([2H])c1[2H]. The molecule has 0 radical (unpaired) electrons. The molecule has 0 atom stereocenters. The van der Waals surface area contributed by atoms with Gasteiger partial charge in [0.1, 0.15) is 39.6 Å². The maximum absolute atomic E-state index is 12.4. The van der Waals surface area contributed by atoms with Gasteiger partial charge in [-0.1, -0.05) is 139 Å². The van der Waals surface area contributed by atoms with E-state index in [1.165, 1.54) is 0 Å². The average molecular weight is 975 g/mol. The van der Waals surface area contributed by atoms with Crippen molar-refractivity contribution < 1.29 is 20.1 Å². The fourth-order valence-electron chi connectivity index (χ4n) is 12.6. The Morgan fingerprint density at radius 2 is 0.763 bits per heavy atom. The lowest BCUT2D eigenvalue weighted by Crippen LogP contribution is -2.11. The third-order valence-electron chi connectivity index (χ3n) is 15.6. The van der Waals surface area contributed by atoms with Gasteiger partial charge in [0.05, 0.1) is 85.3 Å². The van der Waals surface area contributed by atoms with Gasteiger partial charge in [-0.05, 0) is 78.4 Å². The van der Waals surface area contributed by atoms with Crippen LogP contribution >= 0.6 is 0 Å². The van der Waals surface area contributed by atoms with Gasteiger partial charge in [-0.3, -0.25) is 0 Å². The summed E-state index contributed by atoms with van der Waals surface area (Å²) in [6, 6.07) is 59.0. The van der Waals surface area contributed by atoms with Crippen molar-refractivity contribution >= 4 is 137 Å². The van der Waals surface area contributed by atoms with Crippen LogP contribution in [-0.2, 0) is 0 Å². The molecule has 0 saturated carbocycles. The Kier molecular flexibility index (Phi) is 7.09. The Bertz CT molecular complexity index is 5810. The second kappa shape index (κ2) is 14.9. The first kappa shape index (κ1) is 36.2. The van der Waals surface area contributed by atoms with E-state index < -0.39 is 30.2 Å².